The van der Waals surface area contributed by atoms with E-state index in [4.69, 9.17) is 11.3 Å². The Labute approximate surface area is 123 Å². The molecular formula is C17H12N2O2. The predicted octanol–water partition coefficient (Wildman–Crippen LogP) is 3.71. The van der Waals surface area contributed by atoms with Gasteiger partial charge in [-0.15, -0.1) is 0 Å². The average molecular weight is 276 g/mol. The van der Waals surface area contributed by atoms with Gasteiger partial charge in [-0.3, -0.25) is 0 Å². The Morgan fingerprint density at radius 1 is 1.10 bits per heavy atom. The minimum atomic E-state index is 0.116. The maximum Gasteiger partial charge on any atom is 0.212 e. The lowest BCUT2D eigenvalue weighted by molar-refractivity contribution is 0.415. The van der Waals surface area contributed by atoms with Crippen molar-refractivity contribution >= 4 is 11.3 Å². The van der Waals surface area contributed by atoms with Gasteiger partial charge in [-0.2, -0.15) is 5.26 Å². The maximum atomic E-state index is 9.37. The molecule has 0 fully saturated rings. The first-order chi connectivity index (χ1) is 10.2. The van der Waals surface area contributed by atoms with Gasteiger partial charge in [0.15, 0.2) is 0 Å². The highest BCUT2D eigenvalue weighted by Gasteiger charge is 2.12. The summed E-state index contributed by atoms with van der Waals surface area (Å²) in [5.74, 6) is 0.802. The number of nitriles is 1. The molecule has 4 heteroatoms. The second-order valence-electron chi connectivity index (χ2n) is 4.22. The second kappa shape index (κ2) is 6.27. The number of rotatable bonds is 3. The number of nitrogens with zero attached hydrogens (tertiary/aromatic N) is 2. The van der Waals surface area contributed by atoms with E-state index in [2.05, 4.69) is 10.9 Å². The average Bonchev–Trinajstić information content (AvgIpc) is 2.54. The molecule has 0 heterocycles. The highest BCUT2D eigenvalue weighted by atomic mass is 16.5. The summed E-state index contributed by atoms with van der Waals surface area (Å²) in [6.07, 6.45) is 0. The molecule has 0 unspecified atom stereocenters. The summed E-state index contributed by atoms with van der Waals surface area (Å²) >= 11 is 0. The molecule has 2 aromatic rings. The fraction of sp³-hybridized carbons (Fsp3) is 0.0588. The molecule has 0 aliphatic carbocycles. The SMILES string of the molecule is [C-]#[N+]C(=C(C#N)c1ccc(O)cc1)c1ccc(OC)cc1. The number of methoxy groups -OCH3 is 1. The van der Waals surface area contributed by atoms with Crippen LogP contribution in [0.1, 0.15) is 11.1 Å². The van der Waals surface area contributed by atoms with Gasteiger partial charge in [-0.05, 0) is 35.4 Å². The smallest absolute Gasteiger partial charge is 0.212 e. The second-order valence-corrected chi connectivity index (χ2v) is 4.22. The molecule has 21 heavy (non-hydrogen) atoms. The van der Waals surface area contributed by atoms with Gasteiger partial charge in [-0.25, -0.2) is 4.85 Å². The lowest BCUT2D eigenvalue weighted by Gasteiger charge is -2.06. The third-order valence-electron chi connectivity index (χ3n) is 2.98. The molecule has 2 rings (SSSR count). The molecule has 102 valence electrons. The molecule has 0 saturated heterocycles. The Kier molecular flexibility index (Phi) is 4.23. The quantitative estimate of drug-likeness (QED) is 0.528. The monoisotopic (exact) mass is 276 g/mol. The van der Waals surface area contributed by atoms with E-state index in [1.807, 2.05) is 0 Å². The lowest BCUT2D eigenvalue weighted by Crippen LogP contribution is -1.89. The van der Waals surface area contributed by atoms with Gasteiger partial charge in [0.25, 0.3) is 0 Å². The lowest BCUT2D eigenvalue weighted by atomic mass is 10.0. The molecule has 0 saturated carbocycles. The number of benzene rings is 2. The van der Waals surface area contributed by atoms with Crippen LogP contribution in [0.3, 0.4) is 0 Å². The molecule has 0 spiro atoms. The van der Waals surface area contributed by atoms with E-state index in [1.54, 1.807) is 43.5 Å². The first kappa shape index (κ1) is 14.2. The van der Waals surface area contributed by atoms with E-state index in [0.29, 0.717) is 16.9 Å². The van der Waals surface area contributed by atoms with Crippen LogP contribution in [0.15, 0.2) is 48.5 Å². The van der Waals surface area contributed by atoms with Crippen molar-refractivity contribution in [1.82, 2.24) is 0 Å². The van der Waals surface area contributed by atoms with Gasteiger partial charge in [0.1, 0.15) is 11.5 Å². The van der Waals surface area contributed by atoms with Crippen LogP contribution in [0, 0.1) is 17.9 Å². The van der Waals surface area contributed by atoms with E-state index < -0.39 is 0 Å². The number of hydrogen-bond acceptors (Lipinski definition) is 3. The van der Waals surface area contributed by atoms with Crippen molar-refractivity contribution in [2.24, 2.45) is 0 Å². The number of hydrogen-bond donors (Lipinski definition) is 1. The standard InChI is InChI=1S/C17H12N2O2/c1-19-17(13-5-9-15(21-2)10-6-13)16(11-18)12-3-7-14(20)8-4-12/h3-10,20H,2H3. The van der Waals surface area contributed by atoms with Crippen molar-refractivity contribution in [2.75, 3.05) is 7.11 Å². The molecule has 0 atom stereocenters. The zero-order valence-corrected chi connectivity index (χ0v) is 11.4. The first-order valence-corrected chi connectivity index (χ1v) is 6.15. The van der Waals surface area contributed by atoms with Crippen molar-refractivity contribution < 1.29 is 9.84 Å². The van der Waals surface area contributed by atoms with Crippen LogP contribution in [0.2, 0.25) is 0 Å². The first-order valence-electron chi connectivity index (χ1n) is 6.15. The third-order valence-corrected chi connectivity index (χ3v) is 2.98. The van der Waals surface area contributed by atoms with E-state index in [9.17, 15) is 10.4 Å². The van der Waals surface area contributed by atoms with Gasteiger partial charge in [0.2, 0.25) is 5.70 Å². The molecule has 0 aliphatic rings. The highest BCUT2D eigenvalue weighted by Crippen LogP contribution is 2.29. The summed E-state index contributed by atoms with van der Waals surface area (Å²) < 4.78 is 5.08. The van der Waals surface area contributed by atoms with Crippen LogP contribution in [0.4, 0.5) is 0 Å². The maximum absolute atomic E-state index is 9.37. The predicted molar refractivity (Wildman–Crippen MR) is 80.1 cm³/mol. The van der Waals surface area contributed by atoms with Crippen molar-refractivity contribution in [3.8, 4) is 17.6 Å². The van der Waals surface area contributed by atoms with Gasteiger partial charge < -0.3 is 9.84 Å². The summed E-state index contributed by atoms with van der Waals surface area (Å²) in [5, 5.41) is 18.7. The molecule has 2 aromatic carbocycles. The van der Waals surface area contributed by atoms with Gasteiger partial charge in [0.05, 0.1) is 25.3 Å². The third kappa shape index (κ3) is 3.02. The van der Waals surface area contributed by atoms with E-state index in [-0.39, 0.29) is 17.0 Å². The molecule has 0 aromatic heterocycles. The Bertz CT molecular complexity index is 745. The Balaban J connectivity index is 2.56. The molecule has 0 aliphatic heterocycles. The minimum absolute atomic E-state index is 0.116. The molecule has 1 N–H and O–H groups in total. The molecule has 0 amide bonds. The largest absolute Gasteiger partial charge is 0.508 e. The number of aromatic hydroxyl groups is 1. The molecule has 0 bridgehead atoms. The van der Waals surface area contributed by atoms with Crippen molar-refractivity contribution in [3.05, 3.63) is 71.1 Å². The summed E-state index contributed by atoms with van der Waals surface area (Å²) in [7, 11) is 1.57. The summed E-state index contributed by atoms with van der Waals surface area (Å²) in [5.41, 5.74) is 1.79. The number of phenols is 1. The van der Waals surface area contributed by atoms with Gasteiger partial charge in [0, 0.05) is 0 Å². The van der Waals surface area contributed by atoms with E-state index >= 15 is 0 Å². The minimum Gasteiger partial charge on any atom is -0.508 e. The summed E-state index contributed by atoms with van der Waals surface area (Å²) in [4.78, 5) is 3.49. The van der Waals surface area contributed by atoms with Crippen LogP contribution in [-0.2, 0) is 0 Å². The van der Waals surface area contributed by atoms with Crippen LogP contribution >= 0.6 is 0 Å². The van der Waals surface area contributed by atoms with Crippen LogP contribution in [-0.4, -0.2) is 12.2 Å². The summed E-state index contributed by atoms with van der Waals surface area (Å²) in [6, 6.07) is 15.2. The van der Waals surface area contributed by atoms with E-state index in [1.165, 1.54) is 12.1 Å². The van der Waals surface area contributed by atoms with Crippen molar-refractivity contribution in [3.63, 3.8) is 0 Å². The van der Waals surface area contributed by atoms with E-state index in [0.717, 1.165) is 0 Å². The number of allylic oxidation sites excluding steroid dienone is 1. The Morgan fingerprint density at radius 2 is 1.67 bits per heavy atom. The van der Waals surface area contributed by atoms with Crippen LogP contribution in [0.5, 0.6) is 11.5 Å². The Hall–Kier alpha value is -3.24. The van der Waals surface area contributed by atoms with Crippen LogP contribution in [0.25, 0.3) is 16.1 Å². The van der Waals surface area contributed by atoms with Gasteiger partial charge >= 0.3 is 0 Å². The molecule has 0 radical (unpaired) electrons. The topological polar surface area (TPSA) is 57.6 Å². The van der Waals surface area contributed by atoms with Crippen LogP contribution < -0.4 is 4.74 Å². The fourth-order valence-corrected chi connectivity index (χ4v) is 1.90. The Morgan fingerprint density at radius 3 is 2.14 bits per heavy atom. The van der Waals surface area contributed by atoms with Crippen molar-refractivity contribution in [1.29, 1.82) is 5.26 Å². The summed E-state index contributed by atoms with van der Waals surface area (Å²) in [6.45, 7) is 7.36. The number of ether oxygens (including phenoxy) is 1. The zero-order valence-electron chi connectivity index (χ0n) is 11.4. The van der Waals surface area contributed by atoms with Crippen molar-refractivity contribution in [2.45, 2.75) is 0 Å². The fourth-order valence-electron chi connectivity index (χ4n) is 1.90. The molecular weight excluding hydrogens is 264 g/mol. The normalized spacial score (nSPS) is 11.0. The zero-order chi connectivity index (χ0) is 15.2. The highest BCUT2D eigenvalue weighted by molar-refractivity contribution is 5.99. The number of phenolic OH excluding ortho intramolecular Hbond substituents is 1. The van der Waals surface area contributed by atoms with Gasteiger partial charge in [-0.1, -0.05) is 24.3 Å². The molecule has 4 nitrogen and oxygen atoms in total.